The lowest BCUT2D eigenvalue weighted by atomic mass is 10.1. The van der Waals surface area contributed by atoms with Gasteiger partial charge in [0.2, 0.25) is 0 Å². The molecular weight excluding hydrogens is 262 g/mol. The van der Waals surface area contributed by atoms with Crippen LogP contribution in [0.4, 0.5) is 5.82 Å². The Hall–Kier alpha value is -1.13. The Morgan fingerprint density at radius 1 is 1.29 bits per heavy atom. The number of pyridine rings is 1. The first kappa shape index (κ1) is 17.9. The van der Waals surface area contributed by atoms with Crippen molar-refractivity contribution < 1.29 is 4.74 Å². The molecule has 1 rings (SSSR count). The van der Waals surface area contributed by atoms with Gasteiger partial charge in [0.05, 0.1) is 6.61 Å². The summed E-state index contributed by atoms with van der Waals surface area (Å²) in [6, 6.07) is 2.65. The number of anilines is 1. The minimum atomic E-state index is 0.413. The first-order valence-electron chi connectivity index (χ1n) is 7.87. The summed E-state index contributed by atoms with van der Waals surface area (Å²) >= 11 is 0. The quantitative estimate of drug-likeness (QED) is 0.759. The van der Waals surface area contributed by atoms with Crippen LogP contribution in [0, 0.1) is 12.8 Å². The van der Waals surface area contributed by atoms with E-state index in [-0.39, 0.29) is 0 Å². The van der Waals surface area contributed by atoms with Crippen molar-refractivity contribution in [2.75, 3.05) is 31.7 Å². The molecule has 4 heteroatoms. The van der Waals surface area contributed by atoms with Crippen molar-refractivity contribution in [3.8, 4) is 0 Å². The first-order valence-corrected chi connectivity index (χ1v) is 7.87. The van der Waals surface area contributed by atoms with Crippen LogP contribution >= 0.6 is 0 Å². The third-order valence-corrected chi connectivity index (χ3v) is 3.42. The molecule has 1 N–H and O–H groups in total. The summed E-state index contributed by atoms with van der Waals surface area (Å²) in [5.74, 6) is 1.73. The molecule has 0 spiro atoms. The topological polar surface area (TPSA) is 37.4 Å². The fraction of sp³-hybridized carbons (Fsp3) is 0.706. The molecule has 0 aliphatic heterocycles. The number of methoxy groups -OCH3 is 1. The fourth-order valence-electron chi connectivity index (χ4n) is 2.33. The highest BCUT2D eigenvalue weighted by atomic mass is 16.5. The number of rotatable bonds is 9. The summed E-state index contributed by atoms with van der Waals surface area (Å²) in [6.07, 6.45) is 1.98. The molecule has 4 nitrogen and oxygen atoms in total. The molecule has 1 aromatic rings. The van der Waals surface area contributed by atoms with Gasteiger partial charge in [0.1, 0.15) is 5.82 Å². The van der Waals surface area contributed by atoms with Crippen LogP contribution in [0.25, 0.3) is 0 Å². The van der Waals surface area contributed by atoms with Gasteiger partial charge in [0.15, 0.2) is 0 Å². The Morgan fingerprint density at radius 3 is 2.52 bits per heavy atom. The van der Waals surface area contributed by atoms with Crippen LogP contribution < -0.4 is 10.2 Å². The SMILES string of the molecule is COCCN(c1ncc(CNCC(C)C)cc1C)C(C)C. The number of nitrogens with zero attached hydrogens (tertiary/aromatic N) is 2. The molecule has 0 aliphatic rings. The van der Waals surface area contributed by atoms with Gasteiger partial charge in [0.25, 0.3) is 0 Å². The van der Waals surface area contributed by atoms with Crippen molar-refractivity contribution in [3.63, 3.8) is 0 Å². The minimum absolute atomic E-state index is 0.413. The summed E-state index contributed by atoms with van der Waals surface area (Å²) in [5, 5.41) is 3.46. The molecule has 0 bridgehead atoms. The van der Waals surface area contributed by atoms with E-state index in [1.165, 1.54) is 11.1 Å². The van der Waals surface area contributed by atoms with Gasteiger partial charge in [-0.15, -0.1) is 0 Å². The number of ether oxygens (including phenoxy) is 1. The van der Waals surface area contributed by atoms with E-state index in [0.717, 1.165) is 32.1 Å². The van der Waals surface area contributed by atoms with E-state index in [2.05, 4.69) is 55.9 Å². The van der Waals surface area contributed by atoms with Crippen LogP contribution in [0.2, 0.25) is 0 Å². The van der Waals surface area contributed by atoms with Crippen molar-refractivity contribution in [1.82, 2.24) is 10.3 Å². The lowest BCUT2D eigenvalue weighted by molar-refractivity contribution is 0.203. The highest BCUT2D eigenvalue weighted by Crippen LogP contribution is 2.20. The van der Waals surface area contributed by atoms with Crippen LogP contribution in [-0.4, -0.2) is 37.8 Å². The summed E-state index contributed by atoms with van der Waals surface area (Å²) in [5.41, 5.74) is 2.47. The number of aromatic nitrogens is 1. The van der Waals surface area contributed by atoms with Gasteiger partial charge in [-0.3, -0.25) is 0 Å². The van der Waals surface area contributed by atoms with E-state index < -0.39 is 0 Å². The molecule has 120 valence electrons. The lowest BCUT2D eigenvalue weighted by Crippen LogP contribution is -2.35. The van der Waals surface area contributed by atoms with Crippen molar-refractivity contribution >= 4 is 5.82 Å². The summed E-state index contributed by atoms with van der Waals surface area (Å²) in [6.45, 7) is 14.5. The van der Waals surface area contributed by atoms with E-state index in [1.54, 1.807) is 7.11 Å². The molecule has 0 unspecified atom stereocenters. The standard InChI is InChI=1S/C17H31N3O/c1-13(2)10-18-11-16-9-15(5)17(19-12-16)20(14(3)4)7-8-21-6/h9,12-14,18H,7-8,10-11H2,1-6H3. The largest absolute Gasteiger partial charge is 0.383 e. The third-order valence-electron chi connectivity index (χ3n) is 3.42. The average molecular weight is 293 g/mol. The molecule has 0 aromatic carbocycles. The van der Waals surface area contributed by atoms with Crippen LogP contribution in [0.1, 0.15) is 38.8 Å². The molecule has 0 atom stereocenters. The smallest absolute Gasteiger partial charge is 0.131 e. The molecule has 1 heterocycles. The normalized spacial score (nSPS) is 11.4. The van der Waals surface area contributed by atoms with E-state index in [1.807, 2.05) is 6.20 Å². The van der Waals surface area contributed by atoms with E-state index in [9.17, 15) is 0 Å². The van der Waals surface area contributed by atoms with Gasteiger partial charge in [-0.2, -0.15) is 0 Å². The third kappa shape index (κ3) is 6.02. The Labute approximate surface area is 129 Å². The summed E-state index contributed by atoms with van der Waals surface area (Å²) < 4.78 is 5.20. The molecule has 0 radical (unpaired) electrons. The number of hydrogen-bond donors (Lipinski definition) is 1. The van der Waals surface area contributed by atoms with Crippen molar-refractivity contribution in [3.05, 3.63) is 23.4 Å². The predicted molar refractivity (Wildman–Crippen MR) is 89.9 cm³/mol. The maximum absolute atomic E-state index is 5.20. The zero-order valence-electron chi connectivity index (χ0n) is 14.4. The van der Waals surface area contributed by atoms with Gasteiger partial charge in [0, 0.05) is 32.4 Å². The molecule has 0 amide bonds. The van der Waals surface area contributed by atoms with Crippen LogP contribution in [0.3, 0.4) is 0 Å². The second kappa shape index (κ2) is 9.00. The van der Waals surface area contributed by atoms with Crippen molar-refractivity contribution in [2.45, 2.75) is 47.2 Å². The monoisotopic (exact) mass is 293 g/mol. The zero-order valence-corrected chi connectivity index (χ0v) is 14.4. The molecular formula is C17H31N3O. The molecule has 1 aromatic heterocycles. The lowest BCUT2D eigenvalue weighted by Gasteiger charge is -2.29. The van der Waals surface area contributed by atoms with E-state index in [4.69, 9.17) is 4.74 Å². The highest BCUT2D eigenvalue weighted by Gasteiger charge is 2.14. The maximum atomic E-state index is 5.20. The van der Waals surface area contributed by atoms with Crippen LogP contribution in [0.5, 0.6) is 0 Å². The molecule has 21 heavy (non-hydrogen) atoms. The average Bonchev–Trinajstić information content (AvgIpc) is 2.40. The van der Waals surface area contributed by atoms with Crippen LogP contribution in [0.15, 0.2) is 12.3 Å². The van der Waals surface area contributed by atoms with E-state index in [0.29, 0.717) is 12.0 Å². The van der Waals surface area contributed by atoms with Gasteiger partial charge in [-0.1, -0.05) is 13.8 Å². The Kier molecular flexibility index (Phi) is 7.68. The minimum Gasteiger partial charge on any atom is -0.383 e. The number of aryl methyl sites for hydroxylation is 1. The van der Waals surface area contributed by atoms with Crippen molar-refractivity contribution in [2.24, 2.45) is 5.92 Å². The zero-order chi connectivity index (χ0) is 15.8. The molecule has 0 aliphatic carbocycles. The Bertz CT molecular complexity index is 418. The van der Waals surface area contributed by atoms with Gasteiger partial charge >= 0.3 is 0 Å². The molecule has 0 saturated carbocycles. The first-order chi connectivity index (χ1) is 9.95. The summed E-state index contributed by atoms with van der Waals surface area (Å²) in [7, 11) is 1.74. The Morgan fingerprint density at radius 2 is 2.00 bits per heavy atom. The second-order valence-corrected chi connectivity index (χ2v) is 6.29. The maximum Gasteiger partial charge on any atom is 0.131 e. The Balaban J connectivity index is 2.75. The number of hydrogen-bond acceptors (Lipinski definition) is 4. The molecule has 0 saturated heterocycles. The molecule has 0 fully saturated rings. The van der Waals surface area contributed by atoms with Gasteiger partial charge in [-0.25, -0.2) is 4.98 Å². The fourth-order valence-corrected chi connectivity index (χ4v) is 2.33. The number of nitrogens with one attached hydrogen (secondary N) is 1. The van der Waals surface area contributed by atoms with E-state index >= 15 is 0 Å². The van der Waals surface area contributed by atoms with Gasteiger partial charge < -0.3 is 15.0 Å². The summed E-state index contributed by atoms with van der Waals surface area (Å²) in [4.78, 5) is 6.98. The van der Waals surface area contributed by atoms with Crippen molar-refractivity contribution in [1.29, 1.82) is 0 Å². The second-order valence-electron chi connectivity index (χ2n) is 6.29. The predicted octanol–water partition coefficient (Wildman–Crippen LogP) is 3.00. The highest BCUT2D eigenvalue weighted by molar-refractivity contribution is 5.48. The van der Waals surface area contributed by atoms with Crippen LogP contribution in [-0.2, 0) is 11.3 Å². The van der Waals surface area contributed by atoms with Gasteiger partial charge in [-0.05, 0) is 50.4 Å².